The van der Waals surface area contributed by atoms with Gasteiger partial charge >= 0.3 is 5.97 Å². The molecule has 1 aliphatic heterocycles. The highest BCUT2D eigenvalue weighted by Gasteiger charge is 2.35. The molecule has 1 amide bonds. The van der Waals surface area contributed by atoms with Crippen LogP contribution in [0.3, 0.4) is 0 Å². The molecule has 1 saturated heterocycles. The van der Waals surface area contributed by atoms with Crippen LogP contribution in [0.25, 0.3) is 11.1 Å². The molecule has 2 aromatic rings. The molecule has 5 nitrogen and oxygen atoms in total. The number of aliphatic carboxylic acids is 1. The van der Waals surface area contributed by atoms with Crippen LogP contribution in [-0.4, -0.2) is 41.1 Å². The van der Waals surface area contributed by atoms with Crippen LogP contribution >= 0.6 is 0 Å². The van der Waals surface area contributed by atoms with Gasteiger partial charge in [-0.15, -0.1) is 0 Å². The van der Waals surface area contributed by atoms with E-state index in [9.17, 15) is 14.7 Å². The topological polar surface area (TPSA) is 66.8 Å². The number of nitrogens with zero attached hydrogens (tertiary/aromatic N) is 1. The number of para-hydroxylation sites is 1. The molecule has 27 heavy (non-hydrogen) atoms. The Bertz CT molecular complexity index is 790. The highest BCUT2D eigenvalue weighted by atomic mass is 16.5. The Labute approximate surface area is 159 Å². The number of carbonyl (C=O) groups is 2. The Balaban J connectivity index is 1.60. The third kappa shape index (κ3) is 4.48. The summed E-state index contributed by atoms with van der Waals surface area (Å²) in [6, 6.07) is 17.5. The van der Waals surface area contributed by atoms with E-state index in [-0.39, 0.29) is 25.0 Å². The van der Waals surface area contributed by atoms with Gasteiger partial charge in [0.25, 0.3) is 0 Å². The molecule has 0 bridgehead atoms. The van der Waals surface area contributed by atoms with Crippen LogP contribution < -0.4 is 4.74 Å². The molecule has 1 heterocycles. The minimum atomic E-state index is -0.826. The number of piperidine rings is 1. The summed E-state index contributed by atoms with van der Waals surface area (Å²) in [4.78, 5) is 25.6. The molecule has 0 saturated carbocycles. The second-order valence-electron chi connectivity index (χ2n) is 6.88. The number of likely N-dealkylation sites (tertiary alicyclic amines) is 1. The zero-order valence-electron chi connectivity index (χ0n) is 15.5. The number of rotatable bonds is 6. The lowest BCUT2D eigenvalue weighted by Gasteiger charge is -2.37. The van der Waals surface area contributed by atoms with Gasteiger partial charge in [0.1, 0.15) is 5.75 Å². The largest absolute Gasteiger partial charge is 0.492 e. The van der Waals surface area contributed by atoms with Gasteiger partial charge in [-0.2, -0.15) is 0 Å². The first kappa shape index (κ1) is 19.0. The molecule has 5 heteroatoms. The summed E-state index contributed by atoms with van der Waals surface area (Å²) in [7, 11) is 0. The Morgan fingerprint density at radius 1 is 1.11 bits per heavy atom. The highest BCUT2D eigenvalue weighted by Crippen LogP contribution is 2.30. The minimum Gasteiger partial charge on any atom is -0.492 e. The van der Waals surface area contributed by atoms with Crippen LogP contribution in [0.1, 0.15) is 26.2 Å². The van der Waals surface area contributed by atoms with Crippen LogP contribution in [0.15, 0.2) is 54.6 Å². The Hall–Kier alpha value is -2.82. The fraction of sp³-hybridized carbons (Fsp3) is 0.364. The van der Waals surface area contributed by atoms with Gasteiger partial charge in [-0.25, -0.2) is 0 Å². The first-order valence-corrected chi connectivity index (χ1v) is 9.37. The van der Waals surface area contributed by atoms with Gasteiger partial charge in [0.05, 0.1) is 18.9 Å². The molecule has 0 unspecified atom stereocenters. The standard InChI is InChI=1S/C22H25NO4/c1-16-18(22(25)26)11-7-14-23(16)21(24)13-15-27-20-12-6-5-10-19(20)17-8-3-2-4-9-17/h2-6,8-10,12,16,18H,7,11,13-15H2,1H3,(H,25,26)/t16-,18-/m1/s1. The number of amides is 1. The lowest BCUT2D eigenvalue weighted by atomic mass is 9.90. The average molecular weight is 367 g/mol. The summed E-state index contributed by atoms with van der Waals surface area (Å²) in [5, 5.41) is 9.31. The fourth-order valence-electron chi connectivity index (χ4n) is 3.67. The smallest absolute Gasteiger partial charge is 0.308 e. The van der Waals surface area contributed by atoms with E-state index in [0.717, 1.165) is 23.3 Å². The molecule has 0 aromatic heterocycles. The van der Waals surface area contributed by atoms with Crippen molar-refractivity contribution in [2.24, 2.45) is 5.92 Å². The zero-order chi connectivity index (χ0) is 19.2. The number of carboxylic acids is 1. The van der Waals surface area contributed by atoms with E-state index in [1.165, 1.54) is 0 Å². The molecule has 0 radical (unpaired) electrons. The number of carboxylic acid groups (broad SMARTS) is 1. The third-order valence-corrected chi connectivity index (χ3v) is 5.17. The normalized spacial score (nSPS) is 19.5. The lowest BCUT2D eigenvalue weighted by Crippen LogP contribution is -2.49. The van der Waals surface area contributed by atoms with Gasteiger partial charge in [-0.1, -0.05) is 48.5 Å². The van der Waals surface area contributed by atoms with Crippen molar-refractivity contribution in [1.29, 1.82) is 0 Å². The summed E-state index contributed by atoms with van der Waals surface area (Å²) in [6.45, 7) is 2.70. The van der Waals surface area contributed by atoms with E-state index < -0.39 is 11.9 Å². The molecular formula is C22H25NO4. The van der Waals surface area contributed by atoms with E-state index in [1.807, 2.05) is 61.5 Å². The summed E-state index contributed by atoms with van der Waals surface area (Å²) < 4.78 is 5.90. The maximum absolute atomic E-state index is 12.6. The average Bonchev–Trinajstić information content (AvgIpc) is 2.69. The number of carbonyl (C=O) groups excluding carboxylic acids is 1. The first-order valence-electron chi connectivity index (χ1n) is 9.37. The predicted molar refractivity (Wildman–Crippen MR) is 104 cm³/mol. The minimum absolute atomic E-state index is 0.0503. The summed E-state index contributed by atoms with van der Waals surface area (Å²) in [5.41, 5.74) is 2.05. The van der Waals surface area contributed by atoms with Crippen LogP contribution in [0.2, 0.25) is 0 Å². The van der Waals surface area contributed by atoms with Gasteiger partial charge in [-0.3, -0.25) is 9.59 Å². The van der Waals surface area contributed by atoms with Gasteiger partial charge in [0.2, 0.25) is 5.91 Å². The number of hydrogen-bond donors (Lipinski definition) is 1. The monoisotopic (exact) mass is 367 g/mol. The van der Waals surface area contributed by atoms with Crippen LogP contribution in [0.5, 0.6) is 5.75 Å². The first-order chi connectivity index (χ1) is 13.1. The van der Waals surface area contributed by atoms with Crippen molar-refractivity contribution in [3.8, 4) is 16.9 Å². The molecule has 0 aliphatic carbocycles. The number of hydrogen-bond acceptors (Lipinski definition) is 3. The molecule has 0 spiro atoms. The highest BCUT2D eigenvalue weighted by molar-refractivity contribution is 5.79. The SMILES string of the molecule is C[C@@H]1[C@H](C(=O)O)CCCN1C(=O)CCOc1ccccc1-c1ccccc1. The van der Waals surface area contributed by atoms with Crippen LogP contribution in [0.4, 0.5) is 0 Å². The van der Waals surface area contributed by atoms with Gasteiger partial charge < -0.3 is 14.7 Å². The lowest BCUT2D eigenvalue weighted by molar-refractivity contribution is -0.149. The van der Waals surface area contributed by atoms with Crippen LogP contribution in [-0.2, 0) is 9.59 Å². The zero-order valence-corrected chi connectivity index (χ0v) is 15.5. The predicted octanol–water partition coefficient (Wildman–Crippen LogP) is 3.83. The molecule has 1 fully saturated rings. The third-order valence-electron chi connectivity index (χ3n) is 5.17. The van der Waals surface area contributed by atoms with E-state index in [4.69, 9.17) is 4.74 Å². The number of ether oxygens (including phenoxy) is 1. The molecule has 3 rings (SSSR count). The molecule has 1 aliphatic rings. The Kier molecular flexibility index (Phi) is 6.12. The van der Waals surface area contributed by atoms with E-state index in [1.54, 1.807) is 4.90 Å². The van der Waals surface area contributed by atoms with E-state index in [2.05, 4.69) is 0 Å². The summed E-state index contributed by atoms with van der Waals surface area (Å²) >= 11 is 0. The molecule has 1 N–H and O–H groups in total. The fourth-order valence-corrected chi connectivity index (χ4v) is 3.67. The Morgan fingerprint density at radius 2 is 1.81 bits per heavy atom. The molecular weight excluding hydrogens is 342 g/mol. The van der Waals surface area contributed by atoms with Crippen molar-refractivity contribution in [3.63, 3.8) is 0 Å². The van der Waals surface area contributed by atoms with Crippen molar-refractivity contribution < 1.29 is 19.4 Å². The molecule has 2 aromatic carbocycles. The summed E-state index contributed by atoms with van der Waals surface area (Å²) in [6.07, 6.45) is 1.59. The van der Waals surface area contributed by atoms with E-state index >= 15 is 0 Å². The van der Waals surface area contributed by atoms with Crippen molar-refractivity contribution >= 4 is 11.9 Å². The Morgan fingerprint density at radius 3 is 2.56 bits per heavy atom. The van der Waals surface area contributed by atoms with E-state index in [0.29, 0.717) is 13.0 Å². The second kappa shape index (κ2) is 8.71. The quantitative estimate of drug-likeness (QED) is 0.842. The second-order valence-corrected chi connectivity index (χ2v) is 6.88. The van der Waals surface area contributed by atoms with Crippen molar-refractivity contribution in [3.05, 3.63) is 54.6 Å². The van der Waals surface area contributed by atoms with Gasteiger partial charge in [0.15, 0.2) is 0 Å². The van der Waals surface area contributed by atoms with Gasteiger partial charge in [0, 0.05) is 18.2 Å². The van der Waals surface area contributed by atoms with Crippen molar-refractivity contribution in [2.45, 2.75) is 32.2 Å². The maximum atomic E-state index is 12.6. The van der Waals surface area contributed by atoms with Crippen molar-refractivity contribution in [1.82, 2.24) is 4.90 Å². The van der Waals surface area contributed by atoms with Crippen molar-refractivity contribution in [2.75, 3.05) is 13.2 Å². The molecule has 2 atom stereocenters. The van der Waals surface area contributed by atoms with Crippen LogP contribution in [0, 0.1) is 5.92 Å². The number of benzene rings is 2. The van der Waals surface area contributed by atoms with Gasteiger partial charge in [-0.05, 0) is 31.4 Å². The maximum Gasteiger partial charge on any atom is 0.308 e. The molecule has 142 valence electrons. The summed E-state index contributed by atoms with van der Waals surface area (Å²) in [5.74, 6) is -0.618.